The molecule has 1 aromatic heterocycles. The highest BCUT2D eigenvalue weighted by Crippen LogP contribution is 2.38. The van der Waals surface area contributed by atoms with Crippen molar-refractivity contribution < 1.29 is 19.1 Å². The van der Waals surface area contributed by atoms with E-state index in [-0.39, 0.29) is 24.0 Å². The highest BCUT2D eigenvalue weighted by Gasteiger charge is 2.30. The molecule has 2 aromatic carbocycles. The molecule has 1 heterocycles. The molecule has 1 N–H and O–H groups in total. The van der Waals surface area contributed by atoms with Crippen LogP contribution in [0.1, 0.15) is 74.7 Å². The van der Waals surface area contributed by atoms with E-state index >= 15 is 0 Å². The van der Waals surface area contributed by atoms with Gasteiger partial charge in [-0.3, -0.25) is 4.79 Å². The first-order valence-electron chi connectivity index (χ1n) is 14.4. The fourth-order valence-electron chi connectivity index (χ4n) is 5.37. The van der Waals surface area contributed by atoms with Crippen molar-refractivity contribution in [2.24, 2.45) is 5.92 Å². The second-order valence-electron chi connectivity index (χ2n) is 11.2. The van der Waals surface area contributed by atoms with Crippen LogP contribution in [0, 0.1) is 5.92 Å². The van der Waals surface area contributed by atoms with Crippen LogP contribution in [0.3, 0.4) is 0 Å². The van der Waals surface area contributed by atoms with E-state index in [1.165, 1.54) is 7.11 Å². The first kappa shape index (κ1) is 30.4. The zero-order chi connectivity index (χ0) is 29.4. The Balaban J connectivity index is 1.57. The molecule has 3 aromatic rings. The van der Waals surface area contributed by atoms with Crippen molar-refractivity contribution in [3.05, 3.63) is 83.1 Å². The van der Waals surface area contributed by atoms with Gasteiger partial charge in [-0.25, -0.2) is 9.78 Å². The number of carbonyl (C=O) groups excluding carboxylic acids is 2. The van der Waals surface area contributed by atoms with Crippen LogP contribution in [0.2, 0.25) is 5.15 Å². The minimum Gasteiger partial charge on any atom is -0.469 e. The SMILES string of the molecule is COC(=O)CC(C)c1ccc(N(CC(C)C)C2CCC(OC(=O)c3ccccc3)CC2)c(Nc2ccc(Cl)nc2)c1. The van der Waals surface area contributed by atoms with E-state index in [4.69, 9.17) is 21.1 Å². The fourth-order valence-corrected chi connectivity index (χ4v) is 5.48. The van der Waals surface area contributed by atoms with E-state index in [9.17, 15) is 9.59 Å². The standard InChI is InChI=1S/C33H40ClN3O4/c1-22(2)21-37(27-12-14-28(15-13-27)41-33(39)24-8-6-5-7-9-24)30-16-10-25(23(3)18-32(38)40-4)19-29(30)36-26-11-17-31(34)35-20-26/h5-11,16-17,19-20,22-23,27-28,36H,12-15,18,21H2,1-4H3. The number of benzene rings is 2. The minimum absolute atomic E-state index is 0.00585. The Kier molecular flexibility index (Phi) is 10.6. The predicted octanol–water partition coefficient (Wildman–Crippen LogP) is 7.78. The molecule has 218 valence electrons. The lowest BCUT2D eigenvalue weighted by atomic mass is 9.90. The van der Waals surface area contributed by atoms with Gasteiger partial charge in [-0.15, -0.1) is 0 Å². The van der Waals surface area contributed by atoms with Crippen molar-refractivity contribution in [1.82, 2.24) is 4.98 Å². The van der Waals surface area contributed by atoms with Gasteiger partial charge in [0.1, 0.15) is 11.3 Å². The molecule has 8 heteroatoms. The van der Waals surface area contributed by atoms with E-state index in [2.05, 4.69) is 47.2 Å². The zero-order valence-electron chi connectivity index (χ0n) is 24.3. The number of hydrogen-bond donors (Lipinski definition) is 1. The van der Waals surface area contributed by atoms with Crippen molar-refractivity contribution >= 4 is 40.6 Å². The molecular weight excluding hydrogens is 538 g/mol. The zero-order valence-corrected chi connectivity index (χ0v) is 25.1. The maximum Gasteiger partial charge on any atom is 0.338 e. The number of nitrogens with one attached hydrogen (secondary N) is 1. The first-order valence-corrected chi connectivity index (χ1v) is 14.7. The molecule has 0 radical (unpaired) electrons. The number of hydrogen-bond acceptors (Lipinski definition) is 7. The molecule has 1 atom stereocenters. The number of esters is 2. The third-order valence-corrected chi connectivity index (χ3v) is 7.76. The highest BCUT2D eigenvalue weighted by atomic mass is 35.5. The third kappa shape index (κ3) is 8.46. The van der Waals surface area contributed by atoms with Gasteiger partial charge in [0.25, 0.3) is 0 Å². The summed E-state index contributed by atoms with van der Waals surface area (Å²) in [6, 6.07) is 19.5. The molecule has 0 saturated heterocycles. The molecule has 0 spiro atoms. The number of methoxy groups -OCH3 is 1. The van der Waals surface area contributed by atoms with E-state index in [0.29, 0.717) is 29.1 Å². The summed E-state index contributed by atoms with van der Waals surface area (Å²) in [4.78, 5) is 31.3. The lowest BCUT2D eigenvalue weighted by Gasteiger charge is -2.40. The smallest absolute Gasteiger partial charge is 0.338 e. The molecule has 0 bridgehead atoms. The number of pyridine rings is 1. The van der Waals surface area contributed by atoms with Gasteiger partial charge >= 0.3 is 11.9 Å². The second kappa shape index (κ2) is 14.4. The number of aromatic nitrogens is 1. The molecule has 1 saturated carbocycles. The molecule has 4 rings (SSSR count). The Labute approximate surface area is 248 Å². The molecule has 7 nitrogen and oxygen atoms in total. The minimum atomic E-state index is -0.257. The topological polar surface area (TPSA) is 80.8 Å². The summed E-state index contributed by atoms with van der Waals surface area (Å²) in [5.74, 6) is -0.0581. The van der Waals surface area contributed by atoms with Gasteiger partial charge < -0.3 is 19.7 Å². The molecular formula is C33H40ClN3O4. The van der Waals surface area contributed by atoms with Gasteiger partial charge in [0, 0.05) is 12.6 Å². The van der Waals surface area contributed by atoms with Crippen LogP contribution >= 0.6 is 11.6 Å². The maximum absolute atomic E-state index is 12.6. The average Bonchev–Trinajstić information content (AvgIpc) is 2.98. The summed E-state index contributed by atoms with van der Waals surface area (Å²) in [6.45, 7) is 7.36. The van der Waals surface area contributed by atoms with Gasteiger partial charge in [-0.05, 0) is 79.5 Å². The predicted molar refractivity (Wildman–Crippen MR) is 164 cm³/mol. The van der Waals surface area contributed by atoms with E-state index in [1.54, 1.807) is 24.4 Å². The molecule has 1 aliphatic rings. The van der Waals surface area contributed by atoms with Crippen molar-refractivity contribution in [1.29, 1.82) is 0 Å². The van der Waals surface area contributed by atoms with Gasteiger partial charge in [0.05, 0.1) is 42.4 Å². The summed E-state index contributed by atoms with van der Waals surface area (Å²) in [6.07, 6.45) is 5.41. The third-order valence-electron chi connectivity index (χ3n) is 7.54. The summed E-state index contributed by atoms with van der Waals surface area (Å²) >= 11 is 6.04. The van der Waals surface area contributed by atoms with Gasteiger partial charge in [0.15, 0.2) is 0 Å². The van der Waals surface area contributed by atoms with Gasteiger partial charge in [0.2, 0.25) is 0 Å². The summed E-state index contributed by atoms with van der Waals surface area (Å²) in [5, 5.41) is 3.99. The van der Waals surface area contributed by atoms with Crippen LogP contribution in [-0.4, -0.2) is 42.7 Å². The molecule has 0 aliphatic heterocycles. The van der Waals surface area contributed by atoms with E-state index in [1.807, 2.05) is 31.2 Å². The number of nitrogens with zero attached hydrogens (tertiary/aromatic N) is 2. The van der Waals surface area contributed by atoms with Crippen molar-refractivity contribution in [3.8, 4) is 0 Å². The quantitative estimate of drug-likeness (QED) is 0.184. The monoisotopic (exact) mass is 577 g/mol. The van der Waals surface area contributed by atoms with Gasteiger partial charge in [-0.2, -0.15) is 0 Å². The number of carbonyl (C=O) groups is 2. The lowest BCUT2D eigenvalue weighted by molar-refractivity contribution is -0.140. The van der Waals surface area contributed by atoms with Crippen molar-refractivity contribution in [3.63, 3.8) is 0 Å². The Hall–Kier alpha value is -3.58. The molecule has 41 heavy (non-hydrogen) atoms. The van der Waals surface area contributed by atoms with Crippen LogP contribution in [0.15, 0.2) is 66.9 Å². The van der Waals surface area contributed by atoms with Crippen LogP contribution in [0.25, 0.3) is 0 Å². The Morgan fingerprint density at radius 2 is 1.76 bits per heavy atom. The normalized spacial score (nSPS) is 17.5. The first-order chi connectivity index (χ1) is 19.7. The number of halogens is 1. The van der Waals surface area contributed by atoms with Crippen molar-refractivity contribution in [2.75, 3.05) is 23.9 Å². The number of ether oxygens (including phenoxy) is 2. The summed E-state index contributed by atoms with van der Waals surface area (Å²) in [7, 11) is 1.42. The molecule has 1 fully saturated rings. The van der Waals surface area contributed by atoms with Crippen molar-refractivity contribution in [2.45, 2.75) is 70.9 Å². The van der Waals surface area contributed by atoms with Crippen LogP contribution < -0.4 is 10.2 Å². The van der Waals surface area contributed by atoms with E-state index < -0.39 is 0 Å². The fraction of sp³-hybridized carbons (Fsp3) is 0.424. The van der Waals surface area contributed by atoms with Gasteiger partial charge in [-0.1, -0.05) is 56.6 Å². The largest absolute Gasteiger partial charge is 0.469 e. The van der Waals surface area contributed by atoms with E-state index in [0.717, 1.165) is 54.9 Å². The Morgan fingerprint density at radius 3 is 2.39 bits per heavy atom. The molecule has 1 aliphatic carbocycles. The van der Waals surface area contributed by atoms with Crippen LogP contribution in [-0.2, 0) is 14.3 Å². The molecule has 1 unspecified atom stereocenters. The molecule has 0 amide bonds. The Morgan fingerprint density at radius 1 is 1.02 bits per heavy atom. The summed E-state index contributed by atoms with van der Waals surface area (Å²) in [5.41, 5.74) is 4.50. The second-order valence-corrected chi connectivity index (χ2v) is 11.6. The van der Waals surface area contributed by atoms with Crippen LogP contribution in [0.5, 0.6) is 0 Å². The number of rotatable bonds is 11. The Bertz CT molecular complexity index is 1290. The summed E-state index contributed by atoms with van der Waals surface area (Å²) < 4.78 is 10.8. The average molecular weight is 578 g/mol. The number of anilines is 3. The lowest BCUT2D eigenvalue weighted by Crippen LogP contribution is -2.42. The maximum atomic E-state index is 12.6. The van der Waals surface area contributed by atoms with Crippen LogP contribution in [0.4, 0.5) is 17.1 Å². The highest BCUT2D eigenvalue weighted by molar-refractivity contribution is 6.29.